The van der Waals surface area contributed by atoms with E-state index in [-0.39, 0.29) is 23.9 Å². The van der Waals surface area contributed by atoms with Crippen molar-refractivity contribution < 1.29 is 13.9 Å². The lowest BCUT2D eigenvalue weighted by Gasteiger charge is -2.38. The first-order valence-corrected chi connectivity index (χ1v) is 12.4. The zero-order valence-electron chi connectivity index (χ0n) is 18.3. The highest BCUT2D eigenvalue weighted by molar-refractivity contribution is 5.72. The summed E-state index contributed by atoms with van der Waals surface area (Å²) < 4.78 is 19.9. The lowest BCUT2D eigenvalue weighted by molar-refractivity contribution is -0.159. The molecule has 3 unspecified atom stereocenters. The van der Waals surface area contributed by atoms with E-state index in [0.717, 1.165) is 49.9 Å². The minimum atomic E-state index is -0.792. The minimum Gasteiger partial charge on any atom is -0.462 e. The summed E-state index contributed by atoms with van der Waals surface area (Å²) in [7, 11) is 0. The summed E-state index contributed by atoms with van der Waals surface area (Å²) in [6, 6.07) is 0. The van der Waals surface area contributed by atoms with Crippen molar-refractivity contribution in [3.05, 3.63) is 0 Å². The Morgan fingerprint density at radius 2 is 1.54 bits per heavy atom. The Labute approximate surface area is 172 Å². The van der Waals surface area contributed by atoms with E-state index in [1.54, 1.807) is 0 Å². The summed E-state index contributed by atoms with van der Waals surface area (Å²) in [5.74, 6) is 2.90. The molecule has 3 heteroatoms. The first-order valence-electron chi connectivity index (χ1n) is 12.4. The van der Waals surface area contributed by atoms with Crippen molar-refractivity contribution in [2.75, 3.05) is 0 Å². The summed E-state index contributed by atoms with van der Waals surface area (Å²) in [5.41, 5.74) is 0. The molecule has 0 saturated heterocycles. The molecule has 0 N–H and O–H groups in total. The molecule has 2 nitrogen and oxygen atoms in total. The van der Waals surface area contributed by atoms with Gasteiger partial charge >= 0.3 is 5.97 Å². The molecule has 3 saturated carbocycles. The van der Waals surface area contributed by atoms with Crippen LogP contribution in [0.5, 0.6) is 0 Å². The van der Waals surface area contributed by atoms with Crippen LogP contribution in [0.3, 0.4) is 0 Å². The largest absolute Gasteiger partial charge is 0.462 e. The quantitative estimate of drug-likeness (QED) is 0.425. The Morgan fingerprint density at radius 1 is 0.893 bits per heavy atom. The van der Waals surface area contributed by atoms with Gasteiger partial charge < -0.3 is 4.74 Å². The third-order valence-electron chi connectivity index (χ3n) is 8.30. The van der Waals surface area contributed by atoms with Gasteiger partial charge in [0.15, 0.2) is 0 Å². The molecular weight excluding hydrogens is 351 g/mol. The van der Waals surface area contributed by atoms with Gasteiger partial charge in [-0.15, -0.1) is 0 Å². The third-order valence-corrected chi connectivity index (χ3v) is 8.30. The summed E-state index contributed by atoms with van der Waals surface area (Å²) in [5, 5.41) is 0. The summed E-state index contributed by atoms with van der Waals surface area (Å²) in [6.07, 6.45) is 16.2. The molecule has 0 radical (unpaired) electrons. The van der Waals surface area contributed by atoms with E-state index in [4.69, 9.17) is 4.74 Å². The maximum Gasteiger partial charge on any atom is 0.309 e. The highest BCUT2D eigenvalue weighted by Crippen LogP contribution is 2.42. The van der Waals surface area contributed by atoms with E-state index >= 15 is 0 Å². The molecule has 3 fully saturated rings. The van der Waals surface area contributed by atoms with Gasteiger partial charge in [-0.3, -0.25) is 4.79 Å². The fourth-order valence-electron chi connectivity index (χ4n) is 6.24. The van der Waals surface area contributed by atoms with Gasteiger partial charge in [-0.1, -0.05) is 52.4 Å². The predicted octanol–water partition coefficient (Wildman–Crippen LogP) is 7.25. The number of hydrogen-bond acceptors (Lipinski definition) is 2. The molecule has 0 aromatic rings. The first kappa shape index (κ1) is 22.1. The minimum absolute atomic E-state index is 0.0335. The average Bonchev–Trinajstić information content (AvgIpc) is 2.73. The number of hydrogen-bond donors (Lipinski definition) is 0. The van der Waals surface area contributed by atoms with Crippen LogP contribution in [0.2, 0.25) is 0 Å². The van der Waals surface area contributed by atoms with Crippen molar-refractivity contribution >= 4 is 5.97 Å². The summed E-state index contributed by atoms with van der Waals surface area (Å²) in [4.78, 5) is 12.6. The van der Waals surface area contributed by atoms with Crippen molar-refractivity contribution in [1.82, 2.24) is 0 Å². The number of rotatable bonds is 7. The fraction of sp³-hybridized carbons (Fsp3) is 0.960. The Balaban J connectivity index is 1.35. The second kappa shape index (κ2) is 11.0. The Hall–Kier alpha value is -0.600. The van der Waals surface area contributed by atoms with Crippen molar-refractivity contribution in [1.29, 1.82) is 0 Å². The first-order chi connectivity index (χ1) is 13.6. The topological polar surface area (TPSA) is 26.3 Å². The highest BCUT2D eigenvalue weighted by atomic mass is 19.1. The van der Waals surface area contributed by atoms with E-state index in [2.05, 4.69) is 13.8 Å². The number of halogens is 1. The maximum atomic E-state index is 14.2. The molecule has 0 heterocycles. The number of esters is 1. The molecule has 0 amide bonds. The van der Waals surface area contributed by atoms with Gasteiger partial charge in [0.1, 0.15) is 12.3 Å². The molecule has 0 spiro atoms. The summed E-state index contributed by atoms with van der Waals surface area (Å²) >= 11 is 0. The van der Waals surface area contributed by atoms with Crippen LogP contribution in [-0.4, -0.2) is 18.2 Å². The fourth-order valence-corrected chi connectivity index (χ4v) is 6.24. The van der Waals surface area contributed by atoms with Crippen LogP contribution >= 0.6 is 0 Å². The SMILES string of the molecule is CCCCC1CCC(C2CCC(C(=O)OC3CCC(CC)C(F)C3)CC2)CC1. The molecule has 0 aromatic heterocycles. The van der Waals surface area contributed by atoms with Crippen molar-refractivity contribution in [2.24, 2.45) is 29.6 Å². The van der Waals surface area contributed by atoms with Gasteiger partial charge in [-0.05, 0) is 75.0 Å². The molecular formula is C25H43FO2. The van der Waals surface area contributed by atoms with Crippen LogP contribution in [0.4, 0.5) is 4.39 Å². The molecule has 0 aliphatic heterocycles. The van der Waals surface area contributed by atoms with Crippen LogP contribution in [0.15, 0.2) is 0 Å². The predicted molar refractivity (Wildman–Crippen MR) is 113 cm³/mol. The van der Waals surface area contributed by atoms with E-state index < -0.39 is 6.17 Å². The Bertz CT molecular complexity index is 463. The second-order valence-electron chi connectivity index (χ2n) is 10.1. The van der Waals surface area contributed by atoms with Crippen LogP contribution in [-0.2, 0) is 9.53 Å². The Kier molecular flexibility index (Phi) is 8.66. The van der Waals surface area contributed by atoms with Gasteiger partial charge in [0.25, 0.3) is 0 Å². The summed E-state index contributed by atoms with van der Waals surface area (Å²) in [6.45, 7) is 4.35. The number of unbranched alkanes of at least 4 members (excludes halogenated alkanes) is 1. The third kappa shape index (κ3) is 5.95. The van der Waals surface area contributed by atoms with E-state index in [0.29, 0.717) is 6.42 Å². The van der Waals surface area contributed by atoms with E-state index in [1.807, 2.05) is 0 Å². The van der Waals surface area contributed by atoms with Crippen LogP contribution in [0, 0.1) is 29.6 Å². The monoisotopic (exact) mass is 394 g/mol. The molecule has 3 atom stereocenters. The van der Waals surface area contributed by atoms with Crippen molar-refractivity contribution in [2.45, 2.75) is 122 Å². The van der Waals surface area contributed by atoms with Crippen LogP contribution < -0.4 is 0 Å². The van der Waals surface area contributed by atoms with Gasteiger partial charge in [-0.25, -0.2) is 4.39 Å². The average molecular weight is 395 g/mol. The Morgan fingerprint density at radius 3 is 2.11 bits per heavy atom. The second-order valence-corrected chi connectivity index (χ2v) is 10.1. The molecule has 0 bridgehead atoms. The lowest BCUT2D eigenvalue weighted by atomic mass is 9.68. The van der Waals surface area contributed by atoms with Crippen molar-refractivity contribution in [3.8, 4) is 0 Å². The molecule has 0 aromatic carbocycles. The normalized spacial score (nSPS) is 39.5. The van der Waals surface area contributed by atoms with Crippen LogP contribution in [0.1, 0.15) is 110 Å². The highest BCUT2D eigenvalue weighted by Gasteiger charge is 2.36. The van der Waals surface area contributed by atoms with Gasteiger partial charge in [0, 0.05) is 6.42 Å². The number of alkyl halides is 1. The molecule has 3 rings (SSSR count). The molecule has 162 valence electrons. The lowest BCUT2D eigenvalue weighted by Crippen LogP contribution is -2.35. The van der Waals surface area contributed by atoms with Gasteiger partial charge in [0.2, 0.25) is 0 Å². The number of ether oxygens (including phenoxy) is 1. The molecule has 28 heavy (non-hydrogen) atoms. The van der Waals surface area contributed by atoms with Gasteiger partial charge in [0.05, 0.1) is 5.92 Å². The molecule has 3 aliphatic carbocycles. The zero-order chi connectivity index (χ0) is 19.9. The number of carbonyl (C=O) groups excluding carboxylic acids is 1. The van der Waals surface area contributed by atoms with Crippen molar-refractivity contribution in [3.63, 3.8) is 0 Å². The standard InChI is InChI=1S/C25H43FO2/c1-3-5-6-18-7-9-20(10-8-18)21-11-13-22(14-12-21)25(27)28-23-16-15-19(4-2)24(26)17-23/h18-24H,3-17H2,1-2H3. The van der Waals surface area contributed by atoms with Crippen LogP contribution in [0.25, 0.3) is 0 Å². The molecule has 3 aliphatic rings. The smallest absolute Gasteiger partial charge is 0.309 e. The van der Waals surface area contributed by atoms with E-state index in [9.17, 15) is 9.18 Å². The maximum absolute atomic E-state index is 14.2. The van der Waals surface area contributed by atoms with Gasteiger partial charge in [-0.2, -0.15) is 0 Å². The van der Waals surface area contributed by atoms with E-state index in [1.165, 1.54) is 57.8 Å². The number of carbonyl (C=O) groups is 1. The zero-order valence-corrected chi connectivity index (χ0v) is 18.3.